The van der Waals surface area contributed by atoms with E-state index in [9.17, 15) is 14.4 Å². The summed E-state index contributed by atoms with van der Waals surface area (Å²) in [5.41, 5.74) is 4.84. The first-order valence-corrected chi connectivity index (χ1v) is 20.4. The van der Waals surface area contributed by atoms with Crippen molar-refractivity contribution in [1.29, 1.82) is 0 Å². The van der Waals surface area contributed by atoms with E-state index in [4.69, 9.17) is 4.98 Å². The molecule has 0 spiro atoms. The van der Waals surface area contributed by atoms with Gasteiger partial charge in [0.2, 0.25) is 0 Å². The van der Waals surface area contributed by atoms with Gasteiger partial charge in [-0.1, -0.05) is 102 Å². The van der Waals surface area contributed by atoms with E-state index in [2.05, 4.69) is 43.5 Å². The molecular weight excluding hydrogens is 671 g/mol. The van der Waals surface area contributed by atoms with Crippen LogP contribution in [0.3, 0.4) is 0 Å². The first-order chi connectivity index (χ1) is 25.0. The van der Waals surface area contributed by atoms with Gasteiger partial charge < -0.3 is 0 Å². The second-order valence-corrected chi connectivity index (χ2v) is 15.9. The van der Waals surface area contributed by atoms with E-state index in [0.29, 0.717) is 32.9 Å². The topological polar surface area (TPSA) is 71.8 Å². The van der Waals surface area contributed by atoms with Gasteiger partial charge in [0, 0.05) is 59.6 Å². The van der Waals surface area contributed by atoms with Gasteiger partial charge in [-0.05, 0) is 60.0 Å². The fourth-order valence-corrected chi connectivity index (χ4v) is 9.72. The van der Waals surface area contributed by atoms with Gasteiger partial charge in [-0.15, -0.1) is 22.7 Å². The minimum atomic E-state index is -0.241. The van der Waals surface area contributed by atoms with Gasteiger partial charge >= 0.3 is 0 Å². The number of fused-ring (bicyclic) bond motifs is 4. The van der Waals surface area contributed by atoms with Crippen LogP contribution in [0.25, 0.3) is 59.1 Å². The molecule has 0 saturated carbocycles. The molecule has 0 atom stereocenters. The average Bonchev–Trinajstić information content (AvgIpc) is 3.95. The van der Waals surface area contributed by atoms with E-state index in [1.54, 1.807) is 44.1 Å². The molecule has 5 heterocycles. The highest BCUT2D eigenvalue weighted by atomic mass is 32.1. The number of unbranched alkanes of at least 4 members (excludes halogenated alkanes) is 8. The van der Waals surface area contributed by atoms with Crippen molar-refractivity contribution in [3.63, 3.8) is 0 Å². The molecule has 1 aliphatic heterocycles. The highest BCUT2D eigenvalue weighted by Gasteiger charge is 2.38. The van der Waals surface area contributed by atoms with Crippen LogP contribution in [0.5, 0.6) is 0 Å². The zero-order chi connectivity index (χ0) is 35.1. The molecule has 51 heavy (non-hydrogen) atoms. The number of carbonyl (C=O) groups excluding carboxylic acids is 2. The molecule has 0 unspecified atom stereocenters. The van der Waals surface area contributed by atoms with Crippen molar-refractivity contribution < 1.29 is 9.59 Å². The summed E-state index contributed by atoms with van der Waals surface area (Å²) < 4.78 is 1.76. The summed E-state index contributed by atoms with van der Waals surface area (Å²) in [4.78, 5) is 52.6. The Balaban J connectivity index is 1.28. The van der Waals surface area contributed by atoms with Gasteiger partial charge in [0.05, 0.1) is 11.0 Å². The third-order valence-electron chi connectivity index (χ3n) is 10.8. The SMILES string of the molecule is CCCCCCCC(CCCCCCC)N1C(=O)c2ccc3c(=O)n4c(nc5c(-c6cccs6)ccc(-c6cccs6)c54)c4ccc(c2c34)C1=O. The molecule has 2 amide bonds. The maximum Gasteiger partial charge on any atom is 0.264 e. The normalized spacial score (nSPS) is 13.4. The maximum atomic E-state index is 14.7. The van der Waals surface area contributed by atoms with Crippen molar-refractivity contribution in [2.24, 2.45) is 0 Å². The molecule has 0 N–H and O–H groups in total. The number of nitrogens with zero attached hydrogens (tertiary/aromatic N) is 3. The Kier molecular flexibility index (Phi) is 9.47. The zero-order valence-corrected chi connectivity index (χ0v) is 31.0. The minimum absolute atomic E-state index is 0.138. The van der Waals surface area contributed by atoms with Crippen LogP contribution in [-0.4, -0.2) is 32.1 Å². The lowest BCUT2D eigenvalue weighted by molar-refractivity contribution is 0.0517. The lowest BCUT2D eigenvalue weighted by Crippen LogP contribution is -2.47. The van der Waals surface area contributed by atoms with Crippen molar-refractivity contribution in [3.05, 3.63) is 92.9 Å². The van der Waals surface area contributed by atoms with Gasteiger partial charge in [-0.25, -0.2) is 4.98 Å². The van der Waals surface area contributed by atoms with Crippen LogP contribution < -0.4 is 5.56 Å². The van der Waals surface area contributed by atoms with Crippen molar-refractivity contribution in [2.75, 3.05) is 0 Å². The molecule has 4 aromatic heterocycles. The van der Waals surface area contributed by atoms with Crippen LogP contribution in [0, 0.1) is 0 Å². The third kappa shape index (κ3) is 5.77. The zero-order valence-electron chi connectivity index (χ0n) is 29.4. The summed E-state index contributed by atoms with van der Waals surface area (Å²) >= 11 is 3.28. The second kappa shape index (κ2) is 14.3. The predicted octanol–water partition coefficient (Wildman–Crippen LogP) is 11.7. The van der Waals surface area contributed by atoms with Gasteiger partial charge in [0.25, 0.3) is 17.4 Å². The number of imidazole rings is 1. The molecule has 0 bridgehead atoms. The summed E-state index contributed by atoms with van der Waals surface area (Å²) in [5, 5.41) is 6.60. The van der Waals surface area contributed by atoms with Crippen LogP contribution in [0.4, 0.5) is 0 Å². The third-order valence-corrected chi connectivity index (χ3v) is 12.6. The summed E-state index contributed by atoms with van der Waals surface area (Å²) in [6.07, 6.45) is 13.0. The number of aromatic nitrogens is 2. The Morgan fingerprint density at radius 1 is 0.608 bits per heavy atom. The van der Waals surface area contributed by atoms with Crippen LogP contribution in [0.1, 0.15) is 112 Å². The van der Waals surface area contributed by atoms with Gasteiger partial charge in [0.1, 0.15) is 5.65 Å². The number of amides is 2. The summed E-state index contributed by atoms with van der Waals surface area (Å²) in [5.74, 6) is -0.482. The Labute approximate surface area is 306 Å². The largest absolute Gasteiger partial charge is 0.271 e. The molecule has 8 rings (SSSR count). The standard InChI is InChI=1S/C43H43N3O3S2/c1-3-5-7-9-11-15-27(16-12-10-8-6-4-2)45-41(47)32-22-21-30-36-31(23-24-33(37(32)36)42(45)48)43(49)46-39-29(35-18-14-26-51-35)20-19-28(34-17-13-25-50-34)38(39)44-40(30)46/h13-14,17-27H,3-12,15-16H2,1-2H3. The molecule has 0 saturated heterocycles. The van der Waals surface area contributed by atoms with Crippen LogP contribution >= 0.6 is 22.7 Å². The Morgan fingerprint density at radius 3 is 1.75 bits per heavy atom. The van der Waals surface area contributed by atoms with E-state index in [-0.39, 0.29) is 23.4 Å². The number of rotatable bonds is 15. The molecule has 0 aliphatic carbocycles. The first kappa shape index (κ1) is 33.7. The van der Waals surface area contributed by atoms with Crippen molar-refractivity contribution in [1.82, 2.24) is 14.3 Å². The number of benzene rings is 3. The monoisotopic (exact) mass is 713 g/mol. The number of hydrogen-bond donors (Lipinski definition) is 0. The number of hydrogen-bond acceptors (Lipinski definition) is 6. The lowest BCUT2D eigenvalue weighted by atomic mass is 9.88. The van der Waals surface area contributed by atoms with Crippen molar-refractivity contribution in [2.45, 2.75) is 96.9 Å². The van der Waals surface area contributed by atoms with Crippen LogP contribution in [0.15, 0.2) is 76.2 Å². The van der Waals surface area contributed by atoms with Crippen molar-refractivity contribution in [3.8, 4) is 20.9 Å². The Hall–Kier alpha value is -4.40. The molecule has 8 heteroatoms. The molecule has 0 radical (unpaired) electrons. The van der Waals surface area contributed by atoms with Crippen LogP contribution in [0.2, 0.25) is 0 Å². The fourth-order valence-electron chi connectivity index (χ4n) is 8.21. The van der Waals surface area contributed by atoms with Crippen LogP contribution in [-0.2, 0) is 0 Å². The molecule has 3 aromatic carbocycles. The first-order valence-electron chi connectivity index (χ1n) is 18.7. The quantitative estimate of drug-likeness (QED) is 0.0783. The number of pyridine rings is 1. The number of imide groups is 1. The summed E-state index contributed by atoms with van der Waals surface area (Å²) in [6.45, 7) is 4.43. The Bertz CT molecular complexity index is 2390. The molecule has 260 valence electrons. The number of carbonyl (C=O) groups is 2. The average molecular weight is 714 g/mol. The van der Waals surface area contributed by atoms with Gasteiger partial charge in [-0.2, -0.15) is 0 Å². The van der Waals surface area contributed by atoms with Gasteiger partial charge in [0.15, 0.2) is 0 Å². The van der Waals surface area contributed by atoms with Crippen molar-refractivity contribution >= 4 is 72.7 Å². The van der Waals surface area contributed by atoms with E-state index in [1.165, 1.54) is 38.5 Å². The number of thiophene rings is 2. The molecule has 7 aromatic rings. The lowest BCUT2D eigenvalue weighted by Gasteiger charge is -2.34. The molecule has 0 fully saturated rings. The highest BCUT2D eigenvalue weighted by Crippen LogP contribution is 2.42. The summed E-state index contributed by atoms with van der Waals surface area (Å²) in [6, 6.07) is 19.7. The Morgan fingerprint density at radius 2 is 1.16 bits per heavy atom. The van der Waals surface area contributed by atoms with Gasteiger partial charge in [-0.3, -0.25) is 23.7 Å². The second-order valence-electron chi connectivity index (χ2n) is 14.0. The smallest absolute Gasteiger partial charge is 0.264 e. The van der Waals surface area contributed by atoms with E-state index < -0.39 is 0 Å². The minimum Gasteiger partial charge on any atom is -0.271 e. The maximum absolute atomic E-state index is 14.7. The fraction of sp³-hybridized carbons (Fsp3) is 0.349. The molecule has 1 aliphatic rings. The highest BCUT2D eigenvalue weighted by molar-refractivity contribution is 7.14. The van der Waals surface area contributed by atoms with E-state index in [0.717, 1.165) is 75.8 Å². The van der Waals surface area contributed by atoms with E-state index in [1.807, 2.05) is 29.6 Å². The molecular formula is C43H43N3O3S2. The molecule has 6 nitrogen and oxygen atoms in total. The predicted molar refractivity (Wildman–Crippen MR) is 213 cm³/mol. The summed E-state index contributed by atoms with van der Waals surface area (Å²) in [7, 11) is 0. The van der Waals surface area contributed by atoms with E-state index >= 15 is 0 Å².